The lowest BCUT2D eigenvalue weighted by atomic mass is 10.1. The maximum absolute atomic E-state index is 12.6. The molecule has 0 saturated carbocycles. The summed E-state index contributed by atoms with van der Waals surface area (Å²) in [6.07, 6.45) is 0.159. The molecule has 4 nitrogen and oxygen atoms in total. The molecule has 2 aromatic carbocycles. The average Bonchev–Trinajstić information content (AvgIpc) is 2.78. The molecular weight excluding hydrogens is 337 g/mol. The summed E-state index contributed by atoms with van der Waals surface area (Å²) in [6.45, 7) is 0. The van der Waals surface area contributed by atoms with Crippen LogP contribution in [0.5, 0.6) is 0 Å². The van der Waals surface area contributed by atoms with Crippen LogP contribution in [0.15, 0.2) is 48.5 Å². The predicted molar refractivity (Wildman–Crippen MR) is 86.7 cm³/mol. The van der Waals surface area contributed by atoms with E-state index in [0.29, 0.717) is 0 Å². The van der Waals surface area contributed by atoms with Gasteiger partial charge in [0.25, 0.3) is 11.8 Å². The Morgan fingerprint density at radius 3 is 2.30 bits per heavy atom. The van der Waals surface area contributed by atoms with E-state index < -0.39 is 23.1 Å². The standard InChI is InChI=1S/C17H11Cl2NO3/c18-12-8-4-7-11-14(12)17(23)20(16(11)22)13(15(19)21)9-10-5-2-1-3-6-10/h1-8,13H,9H2. The van der Waals surface area contributed by atoms with E-state index in [0.717, 1.165) is 10.5 Å². The summed E-state index contributed by atoms with van der Waals surface area (Å²) in [5.74, 6) is -1.15. The van der Waals surface area contributed by atoms with E-state index in [1.807, 2.05) is 18.2 Å². The van der Waals surface area contributed by atoms with Gasteiger partial charge in [-0.15, -0.1) is 0 Å². The Hall–Kier alpha value is -2.17. The van der Waals surface area contributed by atoms with Gasteiger partial charge in [-0.05, 0) is 29.3 Å². The Balaban J connectivity index is 1.99. The first kappa shape index (κ1) is 15.7. The Bertz CT molecular complexity index is 805. The third-order valence-electron chi connectivity index (χ3n) is 3.74. The van der Waals surface area contributed by atoms with Crippen molar-refractivity contribution in [1.82, 2.24) is 4.90 Å². The molecular formula is C17H11Cl2NO3. The van der Waals surface area contributed by atoms with Crippen molar-refractivity contribution in [3.63, 3.8) is 0 Å². The molecule has 1 aliphatic rings. The predicted octanol–water partition coefficient (Wildman–Crippen LogP) is 3.31. The highest BCUT2D eigenvalue weighted by Crippen LogP contribution is 2.31. The first-order valence-electron chi connectivity index (χ1n) is 6.90. The number of carbonyl (C=O) groups excluding carboxylic acids is 3. The SMILES string of the molecule is O=C(Cl)C(Cc1ccccc1)N1C(=O)c2cccc(Cl)c2C1=O. The van der Waals surface area contributed by atoms with Crippen molar-refractivity contribution < 1.29 is 14.4 Å². The summed E-state index contributed by atoms with van der Waals surface area (Å²) < 4.78 is 0. The highest BCUT2D eigenvalue weighted by atomic mass is 35.5. The zero-order valence-corrected chi connectivity index (χ0v) is 13.3. The molecule has 23 heavy (non-hydrogen) atoms. The first-order valence-corrected chi connectivity index (χ1v) is 7.66. The minimum Gasteiger partial charge on any atom is -0.279 e. The summed E-state index contributed by atoms with van der Waals surface area (Å²) >= 11 is 11.7. The number of benzene rings is 2. The van der Waals surface area contributed by atoms with E-state index in [9.17, 15) is 14.4 Å². The molecule has 0 fully saturated rings. The average molecular weight is 348 g/mol. The van der Waals surface area contributed by atoms with E-state index in [1.165, 1.54) is 12.1 Å². The molecule has 2 aromatic rings. The van der Waals surface area contributed by atoms with E-state index in [1.54, 1.807) is 18.2 Å². The lowest BCUT2D eigenvalue weighted by Gasteiger charge is -2.23. The highest BCUT2D eigenvalue weighted by Gasteiger charge is 2.43. The van der Waals surface area contributed by atoms with Crippen LogP contribution in [-0.2, 0) is 11.2 Å². The Morgan fingerprint density at radius 1 is 1.00 bits per heavy atom. The van der Waals surface area contributed by atoms with Gasteiger partial charge < -0.3 is 0 Å². The van der Waals surface area contributed by atoms with Crippen LogP contribution in [0.2, 0.25) is 5.02 Å². The molecule has 0 N–H and O–H groups in total. The fraction of sp³-hybridized carbons (Fsp3) is 0.118. The van der Waals surface area contributed by atoms with Crippen molar-refractivity contribution in [2.45, 2.75) is 12.5 Å². The molecule has 0 aromatic heterocycles. The normalized spacial score (nSPS) is 14.8. The van der Waals surface area contributed by atoms with Gasteiger partial charge in [-0.2, -0.15) is 0 Å². The molecule has 116 valence electrons. The van der Waals surface area contributed by atoms with Crippen molar-refractivity contribution in [3.05, 3.63) is 70.2 Å². The zero-order chi connectivity index (χ0) is 16.6. The molecule has 0 radical (unpaired) electrons. The molecule has 1 atom stereocenters. The highest BCUT2D eigenvalue weighted by molar-refractivity contribution is 6.65. The number of rotatable bonds is 4. The fourth-order valence-electron chi connectivity index (χ4n) is 2.66. The summed E-state index contributed by atoms with van der Waals surface area (Å²) in [4.78, 5) is 37.9. The van der Waals surface area contributed by atoms with E-state index in [2.05, 4.69) is 0 Å². The van der Waals surface area contributed by atoms with Crippen LogP contribution < -0.4 is 0 Å². The van der Waals surface area contributed by atoms with Gasteiger partial charge in [0.1, 0.15) is 6.04 Å². The number of nitrogens with zero attached hydrogens (tertiary/aromatic N) is 1. The van der Waals surface area contributed by atoms with Gasteiger partial charge in [0.2, 0.25) is 5.24 Å². The quantitative estimate of drug-likeness (QED) is 0.629. The van der Waals surface area contributed by atoms with Crippen LogP contribution in [0.25, 0.3) is 0 Å². The molecule has 0 saturated heterocycles. The third kappa shape index (κ3) is 2.76. The number of hydrogen-bond donors (Lipinski definition) is 0. The van der Waals surface area contributed by atoms with Gasteiger partial charge in [0.05, 0.1) is 16.1 Å². The van der Waals surface area contributed by atoms with Gasteiger partial charge in [-0.1, -0.05) is 48.0 Å². The Morgan fingerprint density at radius 2 is 1.70 bits per heavy atom. The van der Waals surface area contributed by atoms with Crippen LogP contribution >= 0.6 is 23.2 Å². The monoisotopic (exact) mass is 347 g/mol. The molecule has 1 aliphatic heterocycles. The number of imide groups is 1. The van der Waals surface area contributed by atoms with E-state index >= 15 is 0 Å². The van der Waals surface area contributed by atoms with Gasteiger partial charge in [0, 0.05) is 6.42 Å². The third-order valence-corrected chi connectivity index (χ3v) is 4.31. The van der Waals surface area contributed by atoms with Crippen molar-refractivity contribution >= 4 is 40.3 Å². The van der Waals surface area contributed by atoms with Crippen molar-refractivity contribution in [2.24, 2.45) is 0 Å². The van der Waals surface area contributed by atoms with E-state index in [4.69, 9.17) is 23.2 Å². The molecule has 0 aliphatic carbocycles. The van der Waals surface area contributed by atoms with Gasteiger partial charge in [-0.25, -0.2) is 0 Å². The topological polar surface area (TPSA) is 54.5 Å². The van der Waals surface area contributed by atoms with E-state index in [-0.39, 0.29) is 22.6 Å². The minimum absolute atomic E-state index is 0.121. The fourth-order valence-corrected chi connectivity index (χ4v) is 3.09. The van der Waals surface area contributed by atoms with Crippen LogP contribution in [0.3, 0.4) is 0 Å². The summed E-state index contributed by atoms with van der Waals surface area (Å²) in [5.41, 5.74) is 1.11. The molecule has 1 unspecified atom stereocenters. The summed E-state index contributed by atoms with van der Waals surface area (Å²) in [6, 6.07) is 12.6. The zero-order valence-electron chi connectivity index (χ0n) is 11.8. The Kier molecular flexibility index (Phi) is 4.20. The van der Waals surface area contributed by atoms with Crippen molar-refractivity contribution in [1.29, 1.82) is 0 Å². The lowest BCUT2D eigenvalue weighted by molar-refractivity contribution is -0.115. The second-order valence-corrected chi connectivity index (χ2v) is 5.93. The smallest absolute Gasteiger partial charge is 0.263 e. The molecule has 1 heterocycles. The largest absolute Gasteiger partial charge is 0.279 e. The molecule has 3 rings (SSSR count). The lowest BCUT2D eigenvalue weighted by Crippen LogP contribution is -2.44. The number of halogens is 2. The number of hydrogen-bond acceptors (Lipinski definition) is 3. The molecule has 0 bridgehead atoms. The van der Waals surface area contributed by atoms with Crippen molar-refractivity contribution in [2.75, 3.05) is 0 Å². The number of fused-ring (bicyclic) bond motifs is 1. The maximum atomic E-state index is 12.6. The van der Waals surface area contributed by atoms with Crippen LogP contribution in [0.1, 0.15) is 26.3 Å². The molecule has 0 spiro atoms. The summed E-state index contributed by atoms with van der Waals surface area (Å²) in [5, 5.41) is -0.580. The maximum Gasteiger partial charge on any atom is 0.263 e. The number of amides is 2. The van der Waals surface area contributed by atoms with Crippen molar-refractivity contribution in [3.8, 4) is 0 Å². The van der Waals surface area contributed by atoms with Crippen LogP contribution in [0, 0.1) is 0 Å². The molecule has 6 heteroatoms. The Labute approximate surface area is 142 Å². The second-order valence-electron chi connectivity index (χ2n) is 5.15. The van der Waals surface area contributed by atoms with Gasteiger partial charge >= 0.3 is 0 Å². The molecule has 2 amide bonds. The second kappa shape index (κ2) is 6.14. The summed E-state index contributed by atoms with van der Waals surface area (Å²) in [7, 11) is 0. The minimum atomic E-state index is -1.07. The van der Waals surface area contributed by atoms with Gasteiger partial charge in [-0.3, -0.25) is 19.3 Å². The van der Waals surface area contributed by atoms with Crippen LogP contribution in [-0.4, -0.2) is 28.0 Å². The number of carbonyl (C=O) groups is 3. The van der Waals surface area contributed by atoms with Gasteiger partial charge in [0.15, 0.2) is 0 Å². The first-order chi connectivity index (χ1) is 11.0. The van der Waals surface area contributed by atoms with Crippen LogP contribution in [0.4, 0.5) is 0 Å².